The first-order chi connectivity index (χ1) is 13.6. The van der Waals surface area contributed by atoms with E-state index in [1.54, 1.807) is 6.20 Å². The van der Waals surface area contributed by atoms with Crippen LogP contribution in [0.15, 0.2) is 59.7 Å². The Kier molecular flexibility index (Phi) is 7.42. The highest BCUT2D eigenvalue weighted by molar-refractivity contribution is 6.30. The van der Waals surface area contributed by atoms with E-state index >= 15 is 0 Å². The minimum absolute atomic E-state index is 0.238. The molecule has 0 aliphatic carbocycles. The molecule has 0 aliphatic rings. The molecule has 0 unspecified atom stereocenters. The fraction of sp³-hybridized carbons (Fsp3) is 0.250. The number of anilines is 1. The first-order valence-electron chi connectivity index (χ1n) is 8.98. The standard InChI is InChI=1S/C20H21Cl2N5O/c21-16-5-3-4-15(12-16)13-23-10-11-27-18(22)14-26-19(20(27)28)25-9-7-17-6-1-2-8-24-17/h1-6,8,12,14,23H,7,9-11,13H2,(H,25,26). The molecule has 8 heteroatoms. The van der Waals surface area contributed by atoms with Gasteiger partial charge in [0, 0.05) is 49.5 Å². The lowest BCUT2D eigenvalue weighted by atomic mass is 10.2. The van der Waals surface area contributed by atoms with Crippen molar-refractivity contribution in [3.8, 4) is 0 Å². The maximum Gasteiger partial charge on any atom is 0.294 e. The number of halogens is 2. The molecule has 2 N–H and O–H groups in total. The zero-order valence-corrected chi connectivity index (χ0v) is 16.7. The zero-order chi connectivity index (χ0) is 19.8. The molecule has 28 heavy (non-hydrogen) atoms. The van der Waals surface area contributed by atoms with Crippen molar-refractivity contribution in [2.75, 3.05) is 18.4 Å². The molecule has 2 aromatic heterocycles. The second kappa shape index (κ2) is 10.2. The van der Waals surface area contributed by atoms with Gasteiger partial charge in [-0.05, 0) is 29.8 Å². The lowest BCUT2D eigenvalue weighted by molar-refractivity contribution is 0.584. The first-order valence-corrected chi connectivity index (χ1v) is 9.73. The van der Waals surface area contributed by atoms with Gasteiger partial charge < -0.3 is 10.6 Å². The Bertz CT molecular complexity index is 962. The smallest absolute Gasteiger partial charge is 0.294 e. The molecule has 0 amide bonds. The number of benzene rings is 1. The summed E-state index contributed by atoms with van der Waals surface area (Å²) in [6.45, 7) is 2.25. The van der Waals surface area contributed by atoms with E-state index in [2.05, 4.69) is 20.6 Å². The summed E-state index contributed by atoms with van der Waals surface area (Å²) in [6, 6.07) is 13.4. The van der Waals surface area contributed by atoms with Crippen LogP contribution < -0.4 is 16.2 Å². The molecule has 0 aliphatic heterocycles. The fourth-order valence-corrected chi connectivity index (χ4v) is 3.15. The van der Waals surface area contributed by atoms with Crippen LogP contribution in [0.3, 0.4) is 0 Å². The van der Waals surface area contributed by atoms with Crippen molar-refractivity contribution in [3.63, 3.8) is 0 Å². The Balaban J connectivity index is 1.54. The molecule has 0 atom stereocenters. The summed E-state index contributed by atoms with van der Waals surface area (Å²) >= 11 is 12.2. The van der Waals surface area contributed by atoms with Gasteiger partial charge in [0.1, 0.15) is 5.15 Å². The number of nitrogens with zero attached hydrogens (tertiary/aromatic N) is 3. The van der Waals surface area contributed by atoms with Crippen molar-refractivity contribution < 1.29 is 0 Å². The fourth-order valence-electron chi connectivity index (χ4n) is 2.72. The Morgan fingerprint density at radius 1 is 1.04 bits per heavy atom. The second-order valence-corrected chi connectivity index (χ2v) is 7.01. The Morgan fingerprint density at radius 3 is 2.71 bits per heavy atom. The summed E-state index contributed by atoms with van der Waals surface area (Å²) in [5.74, 6) is 0.287. The van der Waals surface area contributed by atoms with Crippen LogP contribution in [0, 0.1) is 0 Å². The monoisotopic (exact) mass is 417 g/mol. The predicted molar refractivity (Wildman–Crippen MR) is 113 cm³/mol. The maximum atomic E-state index is 12.6. The number of hydrogen-bond acceptors (Lipinski definition) is 5. The van der Waals surface area contributed by atoms with Gasteiger partial charge in [-0.1, -0.05) is 41.4 Å². The Morgan fingerprint density at radius 2 is 1.93 bits per heavy atom. The third-order valence-electron chi connectivity index (χ3n) is 4.14. The van der Waals surface area contributed by atoms with E-state index in [1.165, 1.54) is 10.8 Å². The van der Waals surface area contributed by atoms with Crippen LogP contribution in [0.25, 0.3) is 0 Å². The van der Waals surface area contributed by atoms with Crippen LogP contribution in [0.5, 0.6) is 0 Å². The van der Waals surface area contributed by atoms with Crippen LogP contribution in [0.1, 0.15) is 11.3 Å². The molecule has 0 saturated heterocycles. The average Bonchev–Trinajstić information content (AvgIpc) is 2.70. The second-order valence-electron chi connectivity index (χ2n) is 6.19. The molecule has 146 valence electrons. The Hall–Kier alpha value is -2.41. The van der Waals surface area contributed by atoms with Gasteiger partial charge >= 0.3 is 0 Å². The molecule has 0 bridgehead atoms. The highest BCUT2D eigenvalue weighted by Gasteiger charge is 2.09. The quantitative estimate of drug-likeness (QED) is 0.522. The number of aromatic nitrogens is 3. The number of rotatable bonds is 9. The van der Waals surface area contributed by atoms with E-state index in [0.29, 0.717) is 42.8 Å². The molecular formula is C20H21Cl2N5O. The minimum atomic E-state index is -0.238. The van der Waals surface area contributed by atoms with Gasteiger partial charge in [-0.25, -0.2) is 4.98 Å². The highest BCUT2D eigenvalue weighted by Crippen LogP contribution is 2.10. The van der Waals surface area contributed by atoms with E-state index in [4.69, 9.17) is 23.2 Å². The lowest BCUT2D eigenvalue weighted by Gasteiger charge is -2.12. The summed E-state index contributed by atoms with van der Waals surface area (Å²) in [6.07, 6.45) is 3.94. The molecule has 0 radical (unpaired) electrons. The molecule has 3 aromatic rings. The topological polar surface area (TPSA) is 71.8 Å². The van der Waals surface area contributed by atoms with Gasteiger partial charge in [0.2, 0.25) is 0 Å². The molecule has 0 saturated carbocycles. The number of pyridine rings is 1. The van der Waals surface area contributed by atoms with Crippen LogP contribution in [0.4, 0.5) is 5.82 Å². The molecule has 0 spiro atoms. The van der Waals surface area contributed by atoms with Crippen molar-refractivity contribution in [1.29, 1.82) is 0 Å². The molecule has 1 aromatic carbocycles. The normalized spacial score (nSPS) is 10.8. The van der Waals surface area contributed by atoms with Crippen molar-refractivity contribution in [2.24, 2.45) is 0 Å². The summed E-state index contributed by atoms with van der Waals surface area (Å²) in [5.41, 5.74) is 1.80. The Labute approximate surface area is 173 Å². The summed E-state index contributed by atoms with van der Waals surface area (Å²) < 4.78 is 1.50. The van der Waals surface area contributed by atoms with E-state index in [0.717, 1.165) is 11.3 Å². The number of hydrogen-bond donors (Lipinski definition) is 2. The van der Waals surface area contributed by atoms with Crippen molar-refractivity contribution in [1.82, 2.24) is 19.9 Å². The van der Waals surface area contributed by atoms with E-state index < -0.39 is 0 Å². The molecular weight excluding hydrogens is 397 g/mol. The third-order valence-corrected chi connectivity index (χ3v) is 4.67. The van der Waals surface area contributed by atoms with Gasteiger partial charge in [0.15, 0.2) is 5.82 Å². The predicted octanol–water partition coefficient (Wildman–Crippen LogP) is 3.39. The lowest BCUT2D eigenvalue weighted by Crippen LogP contribution is -2.30. The molecule has 6 nitrogen and oxygen atoms in total. The molecule has 0 fully saturated rings. The first kappa shape index (κ1) is 20.3. The van der Waals surface area contributed by atoms with Crippen LogP contribution in [-0.4, -0.2) is 27.6 Å². The van der Waals surface area contributed by atoms with Crippen LogP contribution in [0.2, 0.25) is 10.2 Å². The third kappa shape index (κ3) is 5.79. The SMILES string of the molecule is O=c1c(NCCc2ccccn2)ncc(Cl)n1CCNCc1cccc(Cl)c1. The van der Waals surface area contributed by atoms with Crippen LogP contribution >= 0.6 is 23.2 Å². The van der Waals surface area contributed by atoms with Gasteiger partial charge in [0.05, 0.1) is 6.20 Å². The number of nitrogens with one attached hydrogen (secondary N) is 2. The van der Waals surface area contributed by atoms with E-state index in [9.17, 15) is 4.79 Å². The summed E-state index contributed by atoms with van der Waals surface area (Å²) in [4.78, 5) is 21.0. The summed E-state index contributed by atoms with van der Waals surface area (Å²) in [7, 11) is 0. The highest BCUT2D eigenvalue weighted by atomic mass is 35.5. The minimum Gasteiger partial charge on any atom is -0.365 e. The van der Waals surface area contributed by atoms with Crippen molar-refractivity contribution in [2.45, 2.75) is 19.5 Å². The van der Waals surface area contributed by atoms with Gasteiger partial charge in [0.25, 0.3) is 5.56 Å². The molecule has 3 rings (SSSR count). The maximum absolute atomic E-state index is 12.6. The largest absolute Gasteiger partial charge is 0.365 e. The van der Waals surface area contributed by atoms with Crippen LogP contribution in [-0.2, 0) is 19.5 Å². The van der Waals surface area contributed by atoms with Gasteiger partial charge in [-0.15, -0.1) is 0 Å². The van der Waals surface area contributed by atoms with Crippen molar-refractivity contribution in [3.05, 3.63) is 86.6 Å². The molecule has 2 heterocycles. The van der Waals surface area contributed by atoms with Gasteiger partial charge in [-0.3, -0.25) is 14.3 Å². The van der Waals surface area contributed by atoms with Crippen molar-refractivity contribution >= 4 is 29.0 Å². The summed E-state index contributed by atoms with van der Waals surface area (Å²) in [5, 5.41) is 7.38. The van der Waals surface area contributed by atoms with E-state index in [-0.39, 0.29) is 11.4 Å². The zero-order valence-electron chi connectivity index (χ0n) is 15.2. The average molecular weight is 418 g/mol. The van der Waals surface area contributed by atoms with E-state index in [1.807, 2.05) is 42.5 Å². The van der Waals surface area contributed by atoms with Gasteiger partial charge in [-0.2, -0.15) is 0 Å².